The fraction of sp³-hybridized carbons (Fsp3) is 0.125. The molecule has 0 aliphatic heterocycles. The van der Waals surface area contributed by atoms with E-state index in [4.69, 9.17) is 32.7 Å². The highest BCUT2D eigenvalue weighted by atomic mass is 35.5. The Labute approximate surface area is 143 Å². The molecule has 120 valence electrons. The number of carbonyl (C=O) groups excluding carboxylic acids is 1. The smallest absolute Gasteiger partial charge is 0.271 e. The third-order valence-corrected chi connectivity index (χ3v) is 3.83. The van der Waals surface area contributed by atoms with Crippen molar-refractivity contribution in [3.05, 3.63) is 57.6 Å². The van der Waals surface area contributed by atoms with E-state index in [-0.39, 0.29) is 5.91 Å². The zero-order chi connectivity index (χ0) is 16.8. The van der Waals surface area contributed by atoms with Crippen LogP contribution in [0.5, 0.6) is 11.5 Å². The highest BCUT2D eigenvalue weighted by molar-refractivity contribution is 6.43. The van der Waals surface area contributed by atoms with Crippen molar-refractivity contribution in [3.63, 3.8) is 0 Å². The summed E-state index contributed by atoms with van der Waals surface area (Å²) in [6, 6.07) is 9.97. The summed E-state index contributed by atoms with van der Waals surface area (Å²) in [5.41, 5.74) is 3.40. The lowest BCUT2D eigenvalue weighted by Crippen LogP contribution is -2.17. The molecule has 0 fully saturated rings. The van der Waals surface area contributed by atoms with Gasteiger partial charge in [-0.05, 0) is 24.3 Å². The summed E-state index contributed by atoms with van der Waals surface area (Å²) in [7, 11) is 3.02. The molecule has 0 bridgehead atoms. The van der Waals surface area contributed by atoms with Gasteiger partial charge in [0.05, 0.1) is 30.5 Å². The maximum absolute atomic E-state index is 12.1. The highest BCUT2D eigenvalue weighted by Crippen LogP contribution is 2.27. The Morgan fingerprint density at radius 2 is 1.87 bits per heavy atom. The van der Waals surface area contributed by atoms with Crippen molar-refractivity contribution in [1.82, 2.24) is 5.43 Å². The van der Waals surface area contributed by atoms with Crippen LogP contribution in [0.3, 0.4) is 0 Å². The van der Waals surface area contributed by atoms with Crippen molar-refractivity contribution in [2.45, 2.75) is 0 Å². The van der Waals surface area contributed by atoms with E-state index in [0.29, 0.717) is 32.7 Å². The van der Waals surface area contributed by atoms with Crippen LogP contribution in [0.2, 0.25) is 10.0 Å². The van der Waals surface area contributed by atoms with Gasteiger partial charge in [0.2, 0.25) is 0 Å². The molecule has 0 heterocycles. The van der Waals surface area contributed by atoms with E-state index in [1.807, 2.05) is 0 Å². The van der Waals surface area contributed by atoms with Crippen molar-refractivity contribution in [2.75, 3.05) is 14.2 Å². The number of hydrogen-bond donors (Lipinski definition) is 1. The van der Waals surface area contributed by atoms with Crippen LogP contribution in [0.15, 0.2) is 41.5 Å². The zero-order valence-corrected chi connectivity index (χ0v) is 14.0. The molecule has 23 heavy (non-hydrogen) atoms. The minimum Gasteiger partial charge on any atom is -0.493 e. The van der Waals surface area contributed by atoms with Gasteiger partial charge in [-0.15, -0.1) is 0 Å². The summed E-state index contributed by atoms with van der Waals surface area (Å²) < 4.78 is 10.3. The molecule has 1 N–H and O–H groups in total. The molecule has 2 rings (SSSR count). The number of hydrazone groups is 1. The Balaban J connectivity index is 2.10. The third-order valence-electron chi connectivity index (χ3n) is 3.00. The molecule has 0 aromatic heterocycles. The third kappa shape index (κ3) is 4.15. The molecule has 5 nitrogen and oxygen atoms in total. The molecule has 0 aliphatic rings. The van der Waals surface area contributed by atoms with E-state index < -0.39 is 0 Å². The van der Waals surface area contributed by atoms with Crippen molar-refractivity contribution in [2.24, 2.45) is 5.10 Å². The highest BCUT2D eigenvalue weighted by Gasteiger charge is 2.10. The standard InChI is InChI=1S/C16H14Cl2N2O3/c1-22-13-7-6-10(8-14(13)23-2)16(21)20-19-9-11-4-3-5-12(17)15(11)18/h3-9H,1-2H3,(H,20,21). The fourth-order valence-corrected chi connectivity index (χ4v) is 2.18. The average molecular weight is 353 g/mol. The fourth-order valence-electron chi connectivity index (χ4n) is 1.82. The SMILES string of the molecule is COc1ccc(C(=O)NN=Cc2cccc(Cl)c2Cl)cc1OC. The number of carbonyl (C=O) groups is 1. The van der Waals surface area contributed by atoms with Gasteiger partial charge in [-0.2, -0.15) is 5.10 Å². The maximum Gasteiger partial charge on any atom is 0.271 e. The van der Waals surface area contributed by atoms with Gasteiger partial charge in [0.25, 0.3) is 5.91 Å². The van der Waals surface area contributed by atoms with Crippen molar-refractivity contribution < 1.29 is 14.3 Å². The van der Waals surface area contributed by atoms with Gasteiger partial charge in [-0.25, -0.2) is 5.43 Å². The molecule has 1 amide bonds. The summed E-state index contributed by atoms with van der Waals surface area (Å²) in [5.74, 6) is 0.612. The molecule has 0 radical (unpaired) electrons. The lowest BCUT2D eigenvalue weighted by molar-refractivity contribution is 0.0954. The molecule has 7 heteroatoms. The first-order valence-electron chi connectivity index (χ1n) is 6.56. The van der Waals surface area contributed by atoms with Crippen LogP contribution in [-0.4, -0.2) is 26.3 Å². The summed E-state index contributed by atoms with van der Waals surface area (Å²) in [6.07, 6.45) is 1.42. The molecule has 0 atom stereocenters. The second-order valence-corrected chi connectivity index (χ2v) is 5.20. The van der Waals surface area contributed by atoms with Crippen LogP contribution in [0.1, 0.15) is 15.9 Å². The Hall–Kier alpha value is -2.24. The summed E-state index contributed by atoms with van der Waals surface area (Å²) in [6.45, 7) is 0. The second-order valence-electron chi connectivity index (χ2n) is 4.41. The number of ether oxygens (including phenoxy) is 2. The lowest BCUT2D eigenvalue weighted by atomic mass is 10.2. The molecule has 2 aromatic rings. The van der Waals surface area contributed by atoms with Crippen LogP contribution in [0.25, 0.3) is 0 Å². The molecule has 0 spiro atoms. The molecule has 0 saturated heterocycles. The van der Waals surface area contributed by atoms with Gasteiger partial charge in [0.1, 0.15) is 0 Å². The number of halogens is 2. The topological polar surface area (TPSA) is 59.9 Å². The van der Waals surface area contributed by atoms with Crippen molar-refractivity contribution in [1.29, 1.82) is 0 Å². The van der Waals surface area contributed by atoms with Crippen LogP contribution >= 0.6 is 23.2 Å². The van der Waals surface area contributed by atoms with Gasteiger partial charge in [-0.1, -0.05) is 35.3 Å². The van der Waals surface area contributed by atoms with Crippen LogP contribution in [-0.2, 0) is 0 Å². The summed E-state index contributed by atoms with van der Waals surface area (Å²) in [4.78, 5) is 12.1. The van der Waals surface area contributed by atoms with Gasteiger partial charge in [0, 0.05) is 11.1 Å². The van der Waals surface area contributed by atoms with E-state index in [1.54, 1.807) is 36.4 Å². The first-order chi connectivity index (χ1) is 11.1. The Morgan fingerprint density at radius 3 is 2.57 bits per heavy atom. The minimum absolute atomic E-state index is 0.373. The predicted molar refractivity (Wildman–Crippen MR) is 91.1 cm³/mol. The number of rotatable bonds is 5. The predicted octanol–water partition coefficient (Wildman–Crippen LogP) is 3.77. The number of hydrogen-bond acceptors (Lipinski definition) is 4. The molecule has 0 saturated carbocycles. The number of amides is 1. The zero-order valence-electron chi connectivity index (χ0n) is 12.5. The molecular weight excluding hydrogens is 339 g/mol. The lowest BCUT2D eigenvalue weighted by Gasteiger charge is -2.08. The second kappa shape index (κ2) is 7.85. The molecule has 2 aromatic carbocycles. The first kappa shape index (κ1) is 17.1. The van der Waals surface area contributed by atoms with Gasteiger partial charge in [0.15, 0.2) is 11.5 Å². The van der Waals surface area contributed by atoms with Gasteiger partial charge >= 0.3 is 0 Å². The monoisotopic (exact) mass is 352 g/mol. The van der Waals surface area contributed by atoms with E-state index in [2.05, 4.69) is 10.5 Å². The van der Waals surface area contributed by atoms with E-state index >= 15 is 0 Å². The molecule has 0 unspecified atom stereocenters. The van der Waals surface area contributed by atoms with Crippen molar-refractivity contribution in [3.8, 4) is 11.5 Å². The summed E-state index contributed by atoms with van der Waals surface area (Å²) >= 11 is 11.9. The number of benzene rings is 2. The van der Waals surface area contributed by atoms with E-state index in [0.717, 1.165) is 0 Å². The van der Waals surface area contributed by atoms with Gasteiger partial charge < -0.3 is 9.47 Å². The van der Waals surface area contributed by atoms with Crippen LogP contribution in [0.4, 0.5) is 0 Å². The van der Waals surface area contributed by atoms with E-state index in [9.17, 15) is 4.79 Å². The minimum atomic E-state index is -0.389. The first-order valence-corrected chi connectivity index (χ1v) is 7.32. The van der Waals surface area contributed by atoms with Gasteiger partial charge in [-0.3, -0.25) is 4.79 Å². The molecular formula is C16H14Cl2N2O3. The largest absolute Gasteiger partial charge is 0.493 e. The average Bonchev–Trinajstić information content (AvgIpc) is 2.57. The maximum atomic E-state index is 12.1. The Kier molecular flexibility index (Phi) is 5.84. The normalized spacial score (nSPS) is 10.6. The van der Waals surface area contributed by atoms with Crippen molar-refractivity contribution >= 4 is 35.3 Å². The number of nitrogens with zero attached hydrogens (tertiary/aromatic N) is 1. The summed E-state index contributed by atoms with van der Waals surface area (Å²) in [5, 5.41) is 4.67. The quantitative estimate of drug-likeness (QED) is 0.658. The van der Waals surface area contributed by atoms with Crippen LogP contribution in [0, 0.1) is 0 Å². The Bertz CT molecular complexity index is 748. The Morgan fingerprint density at radius 1 is 1.13 bits per heavy atom. The number of nitrogens with one attached hydrogen (secondary N) is 1. The van der Waals surface area contributed by atoms with E-state index in [1.165, 1.54) is 20.4 Å². The number of methoxy groups -OCH3 is 2. The van der Waals surface area contributed by atoms with Crippen LogP contribution < -0.4 is 14.9 Å². The molecule has 0 aliphatic carbocycles.